The number of benzene rings is 2. The van der Waals surface area contributed by atoms with Gasteiger partial charge in [-0.3, -0.25) is 5.73 Å². The molecule has 0 radical (unpaired) electrons. The molecule has 0 bridgehead atoms. The summed E-state index contributed by atoms with van der Waals surface area (Å²) < 4.78 is 10.5. The average molecular weight is 327 g/mol. The maximum atomic E-state index is 12.0. The van der Waals surface area contributed by atoms with Crippen molar-refractivity contribution in [2.24, 2.45) is 5.73 Å². The third kappa shape index (κ3) is 4.93. The summed E-state index contributed by atoms with van der Waals surface area (Å²) in [6, 6.07) is 15.1. The van der Waals surface area contributed by atoms with Crippen molar-refractivity contribution in [3.05, 3.63) is 71.3 Å². The second-order valence-electron chi connectivity index (χ2n) is 6.32. The summed E-state index contributed by atoms with van der Waals surface area (Å²) in [7, 11) is 0. The molecule has 5 heteroatoms. The molecule has 0 saturated heterocycles. The molecule has 2 aromatic carbocycles. The molecule has 0 aliphatic heterocycles. The van der Waals surface area contributed by atoms with Crippen LogP contribution in [0.3, 0.4) is 0 Å². The van der Waals surface area contributed by atoms with Crippen molar-refractivity contribution in [1.29, 1.82) is 0 Å². The number of hydrogen-bond acceptors (Lipinski definition) is 5. The van der Waals surface area contributed by atoms with E-state index in [1.54, 1.807) is 69.3 Å². The fourth-order valence-electron chi connectivity index (χ4n) is 1.97. The molecule has 0 fully saturated rings. The van der Waals surface area contributed by atoms with Gasteiger partial charge in [-0.2, -0.15) is 0 Å². The van der Waals surface area contributed by atoms with Crippen molar-refractivity contribution in [2.45, 2.75) is 32.6 Å². The summed E-state index contributed by atoms with van der Waals surface area (Å²) >= 11 is 0. The van der Waals surface area contributed by atoms with Crippen LogP contribution in [0.5, 0.6) is 0 Å². The van der Waals surface area contributed by atoms with E-state index in [1.165, 1.54) is 0 Å². The highest BCUT2D eigenvalue weighted by atomic mass is 16.6. The molecular weight excluding hydrogens is 306 g/mol. The summed E-state index contributed by atoms with van der Waals surface area (Å²) in [6.45, 7) is 5.41. The Kier molecular flexibility index (Phi) is 5.36. The van der Waals surface area contributed by atoms with E-state index < -0.39 is 23.8 Å². The van der Waals surface area contributed by atoms with Crippen molar-refractivity contribution in [2.75, 3.05) is 0 Å². The Balaban J connectivity index is 2.02. The normalized spacial score (nSPS) is 12.3. The first kappa shape index (κ1) is 17.7. The maximum Gasteiger partial charge on any atom is 0.339 e. The fourth-order valence-corrected chi connectivity index (χ4v) is 1.97. The average Bonchev–Trinajstić information content (AvgIpc) is 2.54. The quantitative estimate of drug-likeness (QED) is 0.687. The van der Waals surface area contributed by atoms with Gasteiger partial charge in [0.25, 0.3) is 0 Å². The first-order valence-electron chi connectivity index (χ1n) is 7.61. The maximum absolute atomic E-state index is 12.0. The highest BCUT2D eigenvalue weighted by Gasteiger charge is 2.19. The van der Waals surface area contributed by atoms with Gasteiger partial charge in [0.15, 0.2) is 6.23 Å². The van der Waals surface area contributed by atoms with Crippen molar-refractivity contribution in [1.82, 2.24) is 0 Å². The predicted octanol–water partition coefficient (Wildman–Crippen LogP) is 3.46. The van der Waals surface area contributed by atoms with E-state index in [0.29, 0.717) is 16.7 Å². The second-order valence-corrected chi connectivity index (χ2v) is 6.32. The lowest BCUT2D eigenvalue weighted by Crippen LogP contribution is -2.24. The van der Waals surface area contributed by atoms with Crippen LogP contribution in [-0.2, 0) is 9.47 Å². The zero-order valence-corrected chi connectivity index (χ0v) is 14.0. The summed E-state index contributed by atoms with van der Waals surface area (Å²) in [5.41, 5.74) is 6.77. The minimum Gasteiger partial charge on any atom is -0.456 e. The lowest BCUT2D eigenvalue weighted by atomic mass is 10.1. The molecule has 2 N–H and O–H groups in total. The second kappa shape index (κ2) is 7.27. The minimum absolute atomic E-state index is 0.412. The van der Waals surface area contributed by atoms with Gasteiger partial charge in [-0.05, 0) is 45.0 Å². The van der Waals surface area contributed by atoms with Crippen LogP contribution in [0.4, 0.5) is 0 Å². The molecular formula is C19H21NO4. The molecule has 0 aliphatic rings. The fraction of sp³-hybridized carbons (Fsp3) is 0.263. The van der Waals surface area contributed by atoms with Gasteiger partial charge in [0.2, 0.25) is 0 Å². The Morgan fingerprint density at radius 3 is 1.96 bits per heavy atom. The zero-order chi connectivity index (χ0) is 17.7. The highest BCUT2D eigenvalue weighted by molar-refractivity contribution is 5.90. The van der Waals surface area contributed by atoms with E-state index in [9.17, 15) is 9.59 Å². The SMILES string of the molecule is CC(C)(C)OC(=O)c1ccc(C(N)OC(=O)c2ccccc2)cc1. The van der Waals surface area contributed by atoms with Crippen molar-refractivity contribution in [3.8, 4) is 0 Å². The predicted molar refractivity (Wildman–Crippen MR) is 90.4 cm³/mol. The first-order valence-corrected chi connectivity index (χ1v) is 7.61. The van der Waals surface area contributed by atoms with Crippen LogP contribution in [0.15, 0.2) is 54.6 Å². The number of carbonyl (C=O) groups is 2. The summed E-state index contributed by atoms with van der Waals surface area (Å²) in [6.07, 6.45) is -0.912. The Morgan fingerprint density at radius 2 is 1.42 bits per heavy atom. The molecule has 2 aromatic rings. The van der Waals surface area contributed by atoms with E-state index >= 15 is 0 Å². The van der Waals surface area contributed by atoms with Crippen LogP contribution in [0, 0.1) is 0 Å². The molecule has 0 spiro atoms. The summed E-state index contributed by atoms with van der Waals surface area (Å²) in [5.74, 6) is -0.914. The van der Waals surface area contributed by atoms with E-state index in [-0.39, 0.29) is 0 Å². The van der Waals surface area contributed by atoms with Gasteiger partial charge < -0.3 is 9.47 Å². The third-order valence-electron chi connectivity index (χ3n) is 3.12. The van der Waals surface area contributed by atoms with Crippen molar-refractivity contribution >= 4 is 11.9 Å². The number of rotatable bonds is 4. The molecule has 0 aromatic heterocycles. The van der Waals surface area contributed by atoms with E-state index in [4.69, 9.17) is 15.2 Å². The molecule has 2 rings (SSSR count). The summed E-state index contributed by atoms with van der Waals surface area (Å²) in [4.78, 5) is 23.9. The van der Waals surface area contributed by atoms with Crippen LogP contribution in [0.25, 0.3) is 0 Å². The van der Waals surface area contributed by atoms with E-state index in [1.807, 2.05) is 6.07 Å². The third-order valence-corrected chi connectivity index (χ3v) is 3.12. The van der Waals surface area contributed by atoms with Gasteiger partial charge in [-0.25, -0.2) is 9.59 Å². The van der Waals surface area contributed by atoms with E-state index in [2.05, 4.69) is 0 Å². The smallest absolute Gasteiger partial charge is 0.339 e. The van der Waals surface area contributed by atoms with E-state index in [0.717, 1.165) is 0 Å². The zero-order valence-electron chi connectivity index (χ0n) is 14.0. The number of ether oxygens (including phenoxy) is 2. The Hall–Kier alpha value is -2.66. The Labute approximate surface area is 141 Å². The van der Waals surface area contributed by atoms with Crippen molar-refractivity contribution < 1.29 is 19.1 Å². The number of hydrogen-bond donors (Lipinski definition) is 1. The lowest BCUT2D eigenvalue weighted by molar-refractivity contribution is 0.00683. The number of nitrogens with two attached hydrogens (primary N) is 1. The topological polar surface area (TPSA) is 78.6 Å². The molecule has 0 saturated carbocycles. The molecule has 1 atom stereocenters. The molecule has 5 nitrogen and oxygen atoms in total. The molecule has 1 unspecified atom stereocenters. The lowest BCUT2D eigenvalue weighted by Gasteiger charge is -2.19. The van der Waals surface area contributed by atoms with Crippen LogP contribution >= 0.6 is 0 Å². The van der Waals surface area contributed by atoms with Gasteiger partial charge in [-0.1, -0.05) is 30.3 Å². The van der Waals surface area contributed by atoms with Gasteiger partial charge in [0, 0.05) is 5.56 Å². The van der Waals surface area contributed by atoms with Gasteiger partial charge in [0.1, 0.15) is 5.60 Å². The molecule has 126 valence electrons. The molecule has 0 amide bonds. The van der Waals surface area contributed by atoms with Crippen LogP contribution < -0.4 is 5.73 Å². The van der Waals surface area contributed by atoms with Gasteiger partial charge >= 0.3 is 11.9 Å². The molecule has 0 heterocycles. The van der Waals surface area contributed by atoms with Crippen LogP contribution in [-0.4, -0.2) is 17.5 Å². The number of esters is 2. The standard InChI is InChI=1S/C19H21NO4/c1-19(2,3)24-18(22)15-11-9-13(10-12-15)16(20)23-17(21)14-7-5-4-6-8-14/h4-12,16H,20H2,1-3H3. The van der Waals surface area contributed by atoms with Gasteiger partial charge in [0.05, 0.1) is 11.1 Å². The van der Waals surface area contributed by atoms with Crippen molar-refractivity contribution in [3.63, 3.8) is 0 Å². The minimum atomic E-state index is -0.912. The van der Waals surface area contributed by atoms with Gasteiger partial charge in [-0.15, -0.1) is 0 Å². The molecule has 24 heavy (non-hydrogen) atoms. The van der Waals surface area contributed by atoms with Crippen LogP contribution in [0.1, 0.15) is 53.3 Å². The molecule has 0 aliphatic carbocycles. The van der Waals surface area contributed by atoms with Crippen LogP contribution in [0.2, 0.25) is 0 Å². The number of carbonyl (C=O) groups excluding carboxylic acids is 2. The summed E-state index contributed by atoms with van der Waals surface area (Å²) in [5, 5.41) is 0. The Bertz CT molecular complexity index is 702. The Morgan fingerprint density at radius 1 is 0.875 bits per heavy atom. The first-order chi connectivity index (χ1) is 11.3. The largest absolute Gasteiger partial charge is 0.456 e. The monoisotopic (exact) mass is 327 g/mol. The highest BCUT2D eigenvalue weighted by Crippen LogP contribution is 2.17.